The number of alkyl halides is 3. The van der Waals surface area contributed by atoms with E-state index in [-0.39, 0.29) is 11.4 Å². The zero-order valence-corrected chi connectivity index (χ0v) is 15.4. The van der Waals surface area contributed by atoms with Crippen LogP contribution in [0.3, 0.4) is 0 Å². The van der Waals surface area contributed by atoms with Crippen LogP contribution in [-0.2, 0) is 11.0 Å². The van der Waals surface area contributed by atoms with Crippen molar-refractivity contribution >= 4 is 17.3 Å². The highest BCUT2D eigenvalue weighted by molar-refractivity contribution is 5.95. The molecule has 2 aromatic rings. The van der Waals surface area contributed by atoms with Crippen LogP contribution in [0.2, 0.25) is 0 Å². The highest BCUT2D eigenvalue weighted by Crippen LogP contribution is 2.34. The van der Waals surface area contributed by atoms with Crippen molar-refractivity contribution in [3.63, 3.8) is 0 Å². The molecule has 8 heteroatoms. The maximum Gasteiger partial charge on any atom is 0.418 e. The molecule has 0 aromatic heterocycles. The van der Waals surface area contributed by atoms with Crippen LogP contribution < -0.4 is 10.2 Å². The number of piperazine rings is 1. The summed E-state index contributed by atoms with van der Waals surface area (Å²) in [7, 11) is 0. The van der Waals surface area contributed by atoms with Crippen molar-refractivity contribution in [1.82, 2.24) is 4.90 Å². The number of para-hydroxylation sites is 1. The normalized spacial score (nSPS) is 16.6. The first kappa shape index (κ1) is 20.0. The molecule has 1 heterocycles. The number of nitrogens with one attached hydrogen (secondary N) is 1. The fraction of sp³-hybridized carbons (Fsp3) is 0.350. The van der Waals surface area contributed by atoms with Gasteiger partial charge in [-0.1, -0.05) is 12.1 Å². The Morgan fingerprint density at radius 2 is 1.64 bits per heavy atom. The lowest BCUT2D eigenvalue weighted by Crippen LogP contribution is -2.52. The van der Waals surface area contributed by atoms with E-state index >= 15 is 0 Å². The monoisotopic (exact) mass is 393 g/mol. The van der Waals surface area contributed by atoms with Crippen molar-refractivity contribution in [2.45, 2.75) is 19.1 Å². The molecule has 0 radical (unpaired) electrons. The summed E-state index contributed by atoms with van der Waals surface area (Å²) in [5, 5.41) is 11.8. The largest absolute Gasteiger partial charge is 0.508 e. The summed E-state index contributed by atoms with van der Waals surface area (Å²) in [6.45, 7) is 4.28. The average Bonchev–Trinajstić information content (AvgIpc) is 2.68. The average molecular weight is 393 g/mol. The van der Waals surface area contributed by atoms with Gasteiger partial charge in [-0.3, -0.25) is 9.69 Å². The van der Waals surface area contributed by atoms with Gasteiger partial charge in [0.25, 0.3) is 0 Å². The van der Waals surface area contributed by atoms with Crippen molar-refractivity contribution in [1.29, 1.82) is 0 Å². The van der Waals surface area contributed by atoms with Gasteiger partial charge in [-0.2, -0.15) is 13.2 Å². The highest BCUT2D eigenvalue weighted by Gasteiger charge is 2.34. The topological polar surface area (TPSA) is 55.8 Å². The number of halogens is 3. The summed E-state index contributed by atoms with van der Waals surface area (Å²) in [5.41, 5.74) is -0.101. The second-order valence-electron chi connectivity index (χ2n) is 6.75. The number of benzene rings is 2. The Bertz CT molecular complexity index is 816. The third-order valence-electron chi connectivity index (χ3n) is 4.95. The van der Waals surface area contributed by atoms with Crippen LogP contribution in [0.25, 0.3) is 0 Å². The van der Waals surface area contributed by atoms with Crippen LogP contribution in [0.1, 0.15) is 12.5 Å². The Morgan fingerprint density at radius 3 is 2.25 bits per heavy atom. The van der Waals surface area contributed by atoms with Gasteiger partial charge in [0.05, 0.1) is 17.3 Å². The lowest BCUT2D eigenvalue weighted by atomic mass is 10.1. The Hall–Kier alpha value is -2.74. The zero-order valence-electron chi connectivity index (χ0n) is 15.4. The third kappa shape index (κ3) is 4.56. The third-order valence-corrected chi connectivity index (χ3v) is 4.95. The summed E-state index contributed by atoms with van der Waals surface area (Å²) in [6.07, 6.45) is -4.52. The summed E-state index contributed by atoms with van der Waals surface area (Å²) in [5.74, 6) is -0.262. The number of amides is 1. The fourth-order valence-corrected chi connectivity index (χ4v) is 3.27. The maximum atomic E-state index is 13.1. The number of nitrogens with zero attached hydrogens (tertiary/aromatic N) is 2. The van der Waals surface area contributed by atoms with E-state index in [1.165, 1.54) is 18.2 Å². The number of phenols is 1. The second-order valence-corrected chi connectivity index (χ2v) is 6.75. The summed E-state index contributed by atoms with van der Waals surface area (Å²) in [4.78, 5) is 16.6. The van der Waals surface area contributed by atoms with E-state index in [1.807, 2.05) is 17.0 Å². The molecule has 0 aliphatic carbocycles. The standard InChI is InChI=1S/C20H22F3N3O2/c1-14(19(28)24-18-5-3-2-4-17(18)20(21,22)23)25-10-12-26(13-11-25)15-6-8-16(27)9-7-15/h2-9,14,27H,10-13H2,1H3,(H,24,28)/t14-/m0/s1. The minimum Gasteiger partial charge on any atom is -0.508 e. The van der Waals surface area contributed by atoms with Crippen LogP contribution in [0.15, 0.2) is 48.5 Å². The van der Waals surface area contributed by atoms with E-state index in [9.17, 15) is 23.1 Å². The molecule has 1 aliphatic heterocycles. The van der Waals surface area contributed by atoms with Gasteiger partial charge >= 0.3 is 6.18 Å². The Kier molecular flexibility index (Phi) is 5.79. The van der Waals surface area contributed by atoms with E-state index in [0.29, 0.717) is 26.2 Å². The van der Waals surface area contributed by atoms with Crippen molar-refractivity contribution in [3.05, 3.63) is 54.1 Å². The Balaban J connectivity index is 1.60. The van der Waals surface area contributed by atoms with E-state index in [0.717, 1.165) is 11.8 Å². The molecule has 1 fully saturated rings. The minimum atomic E-state index is -4.52. The number of anilines is 2. The summed E-state index contributed by atoms with van der Waals surface area (Å²) in [6, 6.07) is 11.3. The highest BCUT2D eigenvalue weighted by atomic mass is 19.4. The lowest BCUT2D eigenvalue weighted by Gasteiger charge is -2.38. The molecule has 3 rings (SSSR count). The van der Waals surface area contributed by atoms with Crippen molar-refractivity contribution in [3.8, 4) is 5.75 Å². The number of hydrogen-bond acceptors (Lipinski definition) is 4. The van der Waals surface area contributed by atoms with Gasteiger partial charge in [0.2, 0.25) is 5.91 Å². The molecule has 0 spiro atoms. The van der Waals surface area contributed by atoms with E-state index in [2.05, 4.69) is 10.2 Å². The number of carbonyl (C=O) groups excluding carboxylic acids is 1. The molecule has 1 saturated heterocycles. The van der Waals surface area contributed by atoms with Crippen LogP contribution in [0, 0.1) is 0 Å². The molecular formula is C20H22F3N3O2. The zero-order chi connectivity index (χ0) is 20.3. The van der Waals surface area contributed by atoms with E-state index in [4.69, 9.17) is 0 Å². The summed E-state index contributed by atoms with van der Waals surface area (Å²) < 4.78 is 39.3. The van der Waals surface area contributed by atoms with Crippen molar-refractivity contribution < 1.29 is 23.1 Å². The van der Waals surface area contributed by atoms with Crippen LogP contribution in [0.5, 0.6) is 5.75 Å². The quantitative estimate of drug-likeness (QED) is 0.834. The van der Waals surface area contributed by atoms with Gasteiger partial charge < -0.3 is 15.3 Å². The smallest absolute Gasteiger partial charge is 0.418 e. The SMILES string of the molecule is C[C@@H](C(=O)Nc1ccccc1C(F)(F)F)N1CCN(c2ccc(O)cc2)CC1. The molecule has 28 heavy (non-hydrogen) atoms. The van der Waals surface area contributed by atoms with Crippen molar-refractivity contribution in [2.24, 2.45) is 0 Å². The molecule has 0 bridgehead atoms. The molecule has 5 nitrogen and oxygen atoms in total. The molecule has 2 N–H and O–H groups in total. The summed E-state index contributed by atoms with van der Waals surface area (Å²) >= 11 is 0. The van der Waals surface area contributed by atoms with E-state index in [1.54, 1.807) is 19.1 Å². The molecule has 1 atom stereocenters. The molecule has 2 aromatic carbocycles. The Morgan fingerprint density at radius 1 is 1.04 bits per heavy atom. The first-order valence-electron chi connectivity index (χ1n) is 9.01. The van der Waals surface area contributed by atoms with Gasteiger partial charge in [0.1, 0.15) is 5.75 Å². The number of phenolic OH excluding ortho intramolecular Hbond substituents is 1. The van der Waals surface area contributed by atoms with Crippen molar-refractivity contribution in [2.75, 3.05) is 36.4 Å². The number of rotatable bonds is 4. The number of aromatic hydroxyl groups is 1. The Labute approximate surface area is 161 Å². The van der Waals surface area contributed by atoms with Gasteiger partial charge in [0.15, 0.2) is 0 Å². The van der Waals surface area contributed by atoms with Gasteiger partial charge in [-0.05, 0) is 43.3 Å². The molecule has 0 unspecified atom stereocenters. The van der Waals surface area contributed by atoms with Crippen LogP contribution >= 0.6 is 0 Å². The minimum absolute atomic E-state index is 0.201. The van der Waals surface area contributed by atoms with Gasteiger partial charge in [-0.15, -0.1) is 0 Å². The number of hydrogen-bond donors (Lipinski definition) is 2. The predicted octanol–water partition coefficient (Wildman–Crippen LogP) is 3.56. The van der Waals surface area contributed by atoms with Crippen LogP contribution in [-0.4, -0.2) is 48.1 Å². The van der Waals surface area contributed by atoms with E-state index < -0.39 is 23.7 Å². The lowest BCUT2D eigenvalue weighted by molar-refractivity contribution is -0.137. The molecule has 1 amide bonds. The molecule has 150 valence electrons. The first-order valence-corrected chi connectivity index (χ1v) is 9.01. The van der Waals surface area contributed by atoms with Gasteiger partial charge in [-0.25, -0.2) is 0 Å². The number of carbonyl (C=O) groups is 1. The molecule has 1 aliphatic rings. The second kappa shape index (κ2) is 8.10. The fourth-order valence-electron chi connectivity index (χ4n) is 3.27. The predicted molar refractivity (Wildman–Crippen MR) is 101 cm³/mol. The maximum absolute atomic E-state index is 13.1. The van der Waals surface area contributed by atoms with Gasteiger partial charge in [0, 0.05) is 31.9 Å². The molecule has 0 saturated carbocycles. The van der Waals surface area contributed by atoms with Crippen LogP contribution in [0.4, 0.5) is 24.5 Å². The first-order chi connectivity index (χ1) is 13.3. The molecular weight excluding hydrogens is 371 g/mol.